The molecular formula is C16H22Cl3N3O. The molecule has 1 aromatic carbocycles. The number of anilines is 1. The summed E-state index contributed by atoms with van der Waals surface area (Å²) >= 11 is 18.0. The van der Waals surface area contributed by atoms with E-state index in [1.807, 2.05) is 7.05 Å². The first-order chi connectivity index (χ1) is 11.0. The molecule has 1 aliphatic heterocycles. The molecule has 1 aromatic rings. The molecule has 1 heterocycles. The van der Waals surface area contributed by atoms with Gasteiger partial charge < -0.3 is 10.6 Å². The number of benzene rings is 1. The minimum Gasteiger partial charge on any atom is -0.322 e. The Labute approximate surface area is 152 Å². The van der Waals surface area contributed by atoms with E-state index < -0.39 is 0 Å². The smallest absolute Gasteiger partial charge is 0.238 e. The Balaban J connectivity index is 1.82. The molecule has 0 radical (unpaired) electrons. The van der Waals surface area contributed by atoms with Crippen LogP contribution < -0.4 is 10.6 Å². The van der Waals surface area contributed by atoms with E-state index in [-0.39, 0.29) is 5.91 Å². The molecule has 0 aliphatic carbocycles. The van der Waals surface area contributed by atoms with Gasteiger partial charge in [0.15, 0.2) is 0 Å². The summed E-state index contributed by atoms with van der Waals surface area (Å²) in [6, 6.07) is 3.13. The van der Waals surface area contributed by atoms with Crippen molar-refractivity contribution in [3.05, 3.63) is 27.2 Å². The largest absolute Gasteiger partial charge is 0.322 e. The third kappa shape index (κ3) is 5.80. The van der Waals surface area contributed by atoms with Crippen molar-refractivity contribution < 1.29 is 4.79 Å². The van der Waals surface area contributed by atoms with Crippen molar-refractivity contribution in [2.45, 2.75) is 19.3 Å². The fraction of sp³-hybridized carbons (Fsp3) is 0.562. The van der Waals surface area contributed by atoms with Crippen molar-refractivity contribution in [3.8, 4) is 0 Å². The molecule has 0 bridgehead atoms. The lowest BCUT2D eigenvalue weighted by Gasteiger charge is -2.31. The summed E-state index contributed by atoms with van der Waals surface area (Å²) < 4.78 is 0. The first-order valence-electron chi connectivity index (χ1n) is 7.81. The molecular weight excluding hydrogens is 357 g/mol. The number of piperidine rings is 1. The van der Waals surface area contributed by atoms with E-state index >= 15 is 0 Å². The normalized spacial score (nSPS) is 16.5. The molecule has 1 aliphatic rings. The Morgan fingerprint density at radius 1 is 1.22 bits per heavy atom. The Morgan fingerprint density at radius 2 is 1.83 bits per heavy atom. The fourth-order valence-electron chi connectivity index (χ4n) is 2.83. The summed E-state index contributed by atoms with van der Waals surface area (Å²) in [5, 5.41) is 7.12. The average molecular weight is 379 g/mol. The molecule has 23 heavy (non-hydrogen) atoms. The first-order valence-corrected chi connectivity index (χ1v) is 8.94. The predicted molar refractivity (Wildman–Crippen MR) is 97.8 cm³/mol. The molecule has 0 aromatic heterocycles. The number of amides is 1. The zero-order valence-electron chi connectivity index (χ0n) is 13.2. The maximum atomic E-state index is 12.2. The highest BCUT2D eigenvalue weighted by Crippen LogP contribution is 2.33. The Morgan fingerprint density at radius 3 is 2.39 bits per heavy atom. The zero-order chi connectivity index (χ0) is 16.8. The topological polar surface area (TPSA) is 44.4 Å². The molecule has 1 fully saturated rings. The molecule has 2 N–H and O–H groups in total. The lowest BCUT2D eigenvalue weighted by Crippen LogP contribution is -2.39. The van der Waals surface area contributed by atoms with E-state index in [2.05, 4.69) is 15.5 Å². The number of hydrogen-bond donors (Lipinski definition) is 2. The monoisotopic (exact) mass is 377 g/mol. The second kappa shape index (κ2) is 9.09. The molecule has 0 spiro atoms. The Hall–Kier alpha value is -0.520. The fourth-order valence-corrected chi connectivity index (χ4v) is 3.74. The van der Waals surface area contributed by atoms with E-state index in [0.717, 1.165) is 38.4 Å². The SMILES string of the molecule is CNCCC1CCN(CC(=O)Nc2c(Cl)cc(Cl)cc2Cl)CC1. The van der Waals surface area contributed by atoms with Gasteiger partial charge in [-0.1, -0.05) is 34.8 Å². The lowest BCUT2D eigenvalue weighted by molar-refractivity contribution is -0.117. The molecule has 1 amide bonds. The Bertz CT molecular complexity index is 522. The number of carbonyl (C=O) groups excluding carboxylic acids is 1. The van der Waals surface area contributed by atoms with Crippen LogP contribution in [0.1, 0.15) is 19.3 Å². The minimum absolute atomic E-state index is 0.107. The average Bonchev–Trinajstić information content (AvgIpc) is 2.50. The lowest BCUT2D eigenvalue weighted by atomic mass is 9.93. The van der Waals surface area contributed by atoms with Crippen molar-refractivity contribution in [3.63, 3.8) is 0 Å². The number of hydrogen-bond acceptors (Lipinski definition) is 3. The van der Waals surface area contributed by atoms with Crippen molar-refractivity contribution in [1.82, 2.24) is 10.2 Å². The summed E-state index contributed by atoms with van der Waals surface area (Å²) in [6.07, 6.45) is 3.47. The number of nitrogens with zero attached hydrogens (tertiary/aromatic N) is 1. The second-order valence-corrected chi connectivity index (χ2v) is 7.16. The van der Waals surface area contributed by atoms with E-state index in [9.17, 15) is 4.79 Å². The van der Waals surface area contributed by atoms with Crippen LogP contribution in [0.2, 0.25) is 15.1 Å². The summed E-state index contributed by atoms with van der Waals surface area (Å²) in [5.41, 5.74) is 0.423. The highest BCUT2D eigenvalue weighted by molar-refractivity contribution is 6.42. The van der Waals surface area contributed by atoms with Crippen molar-refractivity contribution in [2.75, 3.05) is 38.5 Å². The van der Waals surface area contributed by atoms with Gasteiger partial charge in [0.2, 0.25) is 5.91 Å². The third-order valence-electron chi connectivity index (χ3n) is 4.15. The van der Waals surface area contributed by atoms with Gasteiger partial charge >= 0.3 is 0 Å². The van der Waals surface area contributed by atoms with Crippen molar-refractivity contribution in [1.29, 1.82) is 0 Å². The minimum atomic E-state index is -0.107. The number of halogens is 3. The highest BCUT2D eigenvalue weighted by atomic mass is 35.5. The summed E-state index contributed by atoms with van der Waals surface area (Å²) in [4.78, 5) is 14.4. The van der Waals surface area contributed by atoms with E-state index in [1.165, 1.54) is 6.42 Å². The van der Waals surface area contributed by atoms with Crippen LogP contribution in [0.5, 0.6) is 0 Å². The van der Waals surface area contributed by atoms with Crippen LogP contribution in [0.3, 0.4) is 0 Å². The third-order valence-corrected chi connectivity index (χ3v) is 4.96. The van der Waals surface area contributed by atoms with Crippen LogP contribution >= 0.6 is 34.8 Å². The van der Waals surface area contributed by atoms with Gasteiger partial charge in [0.1, 0.15) is 0 Å². The molecule has 1 saturated heterocycles. The zero-order valence-corrected chi connectivity index (χ0v) is 15.4. The van der Waals surface area contributed by atoms with Gasteiger partial charge in [-0.15, -0.1) is 0 Å². The van der Waals surface area contributed by atoms with Crippen LogP contribution in [-0.2, 0) is 4.79 Å². The molecule has 128 valence electrons. The number of likely N-dealkylation sites (tertiary alicyclic amines) is 1. The van der Waals surface area contributed by atoms with Gasteiger partial charge in [-0.3, -0.25) is 9.69 Å². The van der Waals surface area contributed by atoms with Gasteiger partial charge in [-0.2, -0.15) is 0 Å². The molecule has 4 nitrogen and oxygen atoms in total. The van der Waals surface area contributed by atoms with Crippen molar-refractivity contribution in [2.24, 2.45) is 5.92 Å². The first kappa shape index (κ1) is 18.8. The quantitative estimate of drug-likeness (QED) is 0.789. The van der Waals surface area contributed by atoms with E-state index in [4.69, 9.17) is 34.8 Å². The molecule has 7 heteroatoms. The maximum Gasteiger partial charge on any atom is 0.238 e. The molecule has 2 rings (SSSR count). The summed E-state index contributed by atoms with van der Waals surface area (Å²) in [5.74, 6) is 0.645. The maximum absolute atomic E-state index is 12.2. The predicted octanol–water partition coefficient (Wildman–Crippen LogP) is 3.91. The van der Waals surface area contributed by atoms with Crippen molar-refractivity contribution >= 4 is 46.4 Å². The van der Waals surface area contributed by atoms with E-state index in [0.29, 0.717) is 27.3 Å². The standard InChI is InChI=1S/C16H22Cl3N3O/c1-20-5-2-11-3-6-22(7-4-11)10-15(23)21-16-13(18)8-12(17)9-14(16)19/h8-9,11,20H,2-7,10H2,1H3,(H,21,23). The molecule has 0 atom stereocenters. The van der Waals surface area contributed by atoms with E-state index in [1.54, 1.807) is 12.1 Å². The second-order valence-electron chi connectivity index (χ2n) is 5.90. The number of rotatable bonds is 6. The van der Waals surface area contributed by atoms with Gasteiger partial charge in [0, 0.05) is 5.02 Å². The van der Waals surface area contributed by atoms with Gasteiger partial charge in [-0.25, -0.2) is 0 Å². The van der Waals surface area contributed by atoms with Crippen LogP contribution in [0, 0.1) is 5.92 Å². The number of carbonyl (C=O) groups is 1. The van der Waals surface area contributed by atoms with Crippen LogP contribution in [0.15, 0.2) is 12.1 Å². The number of nitrogens with one attached hydrogen (secondary N) is 2. The van der Waals surface area contributed by atoms with Gasteiger partial charge in [-0.05, 0) is 64.0 Å². The van der Waals surface area contributed by atoms with Gasteiger partial charge in [0.25, 0.3) is 0 Å². The van der Waals surface area contributed by atoms with Gasteiger partial charge in [0.05, 0.1) is 22.3 Å². The Kier molecular flexibility index (Phi) is 7.44. The van der Waals surface area contributed by atoms with Crippen LogP contribution in [-0.4, -0.2) is 44.0 Å². The highest BCUT2D eigenvalue weighted by Gasteiger charge is 2.21. The van der Waals surface area contributed by atoms with Crippen LogP contribution in [0.4, 0.5) is 5.69 Å². The summed E-state index contributed by atoms with van der Waals surface area (Å²) in [7, 11) is 1.98. The molecule has 0 saturated carbocycles. The summed E-state index contributed by atoms with van der Waals surface area (Å²) in [6.45, 7) is 3.31. The van der Waals surface area contributed by atoms with Crippen LogP contribution in [0.25, 0.3) is 0 Å². The molecule has 0 unspecified atom stereocenters.